The maximum atomic E-state index is 7.25. The number of hydrogen-bond acceptors (Lipinski definition) is 3. The molecule has 0 saturated carbocycles. The average molecular weight is 138 g/mol. The Morgan fingerprint density at radius 2 is 2.10 bits per heavy atom. The van der Waals surface area contributed by atoms with Crippen molar-refractivity contribution in [3.63, 3.8) is 0 Å². The van der Waals surface area contributed by atoms with E-state index in [0.29, 0.717) is 12.1 Å². The lowest BCUT2D eigenvalue weighted by atomic mass is 10.0. The van der Waals surface area contributed by atoms with Crippen LogP contribution in [0.25, 0.3) is 0 Å². The highest BCUT2D eigenvalue weighted by Gasteiger charge is 2.11. The smallest absolute Gasteiger partial charge is 0.0981 e. The Morgan fingerprint density at radius 1 is 1.40 bits per heavy atom. The van der Waals surface area contributed by atoms with Crippen LogP contribution in [0.1, 0.15) is 12.8 Å². The molecule has 1 rings (SSSR count). The van der Waals surface area contributed by atoms with Gasteiger partial charge in [0, 0.05) is 12.5 Å². The Bertz CT molecular complexity index is 206. The summed E-state index contributed by atoms with van der Waals surface area (Å²) in [6, 6.07) is 0. The van der Waals surface area contributed by atoms with Gasteiger partial charge in [0.05, 0.1) is 24.3 Å². The largest absolute Gasteiger partial charge is 0.501 e. The van der Waals surface area contributed by atoms with Gasteiger partial charge in [-0.2, -0.15) is 0 Å². The molecule has 0 bridgehead atoms. The predicted molar refractivity (Wildman–Crippen MR) is 39.8 cm³/mol. The Labute approximate surface area is 59.7 Å². The molecule has 2 N–H and O–H groups in total. The van der Waals surface area contributed by atoms with Gasteiger partial charge in [-0.25, -0.2) is 0 Å². The third-order valence-corrected chi connectivity index (χ3v) is 1.51. The van der Waals surface area contributed by atoms with E-state index >= 15 is 0 Å². The van der Waals surface area contributed by atoms with Crippen molar-refractivity contribution in [1.82, 2.24) is 0 Å². The molecule has 3 heteroatoms. The molecule has 0 spiro atoms. The summed E-state index contributed by atoms with van der Waals surface area (Å²) in [5, 5.41) is 14.5. The molecule has 1 aliphatic rings. The Hall–Kier alpha value is -1.12. The van der Waals surface area contributed by atoms with Crippen LogP contribution in [0.3, 0.4) is 0 Å². The molecule has 0 saturated heterocycles. The lowest BCUT2D eigenvalue weighted by Gasteiger charge is -2.12. The highest BCUT2D eigenvalue weighted by atomic mass is 16.5. The van der Waals surface area contributed by atoms with Crippen molar-refractivity contribution in [3.8, 4) is 0 Å². The molecule has 0 fully saturated rings. The van der Waals surface area contributed by atoms with Gasteiger partial charge in [-0.05, 0) is 6.42 Å². The molecule has 0 amide bonds. The number of ether oxygens (including phenoxy) is 1. The van der Waals surface area contributed by atoms with Crippen molar-refractivity contribution in [2.24, 2.45) is 0 Å². The third-order valence-electron chi connectivity index (χ3n) is 1.51. The maximum absolute atomic E-state index is 7.25. The zero-order valence-electron chi connectivity index (χ0n) is 5.90. The molecule has 54 valence electrons. The van der Waals surface area contributed by atoms with Crippen molar-refractivity contribution >= 4 is 11.4 Å². The van der Waals surface area contributed by atoms with Crippen molar-refractivity contribution in [1.29, 1.82) is 10.8 Å². The van der Waals surface area contributed by atoms with E-state index < -0.39 is 0 Å². The van der Waals surface area contributed by atoms with E-state index in [0.717, 1.165) is 12.2 Å². The molecule has 0 aliphatic heterocycles. The van der Waals surface area contributed by atoms with Gasteiger partial charge < -0.3 is 10.1 Å². The summed E-state index contributed by atoms with van der Waals surface area (Å²) in [5.41, 5.74) is 0.684. The molecule has 0 aromatic carbocycles. The molecule has 0 unspecified atom stereocenters. The first kappa shape index (κ1) is 6.99. The quantitative estimate of drug-likeness (QED) is 0.564. The number of nitrogens with one attached hydrogen (secondary N) is 2. The van der Waals surface area contributed by atoms with Gasteiger partial charge in [-0.3, -0.25) is 5.41 Å². The third kappa shape index (κ3) is 1.23. The van der Waals surface area contributed by atoms with E-state index in [9.17, 15) is 0 Å². The van der Waals surface area contributed by atoms with Crippen molar-refractivity contribution in [2.75, 3.05) is 7.11 Å². The first-order valence-electron chi connectivity index (χ1n) is 3.15. The van der Waals surface area contributed by atoms with E-state index in [4.69, 9.17) is 15.6 Å². The normalized spacial score (nSPS) is 18.7. The van der Waals surface area contributed by atoms with E-state index in [-0.39, 0.29) is 5.71 Å². The molecule has 1 aliphatic carbocycles. The summed E-state index contributed by atoms with van der Waals surface area (Å²) in [5.74, 6) is 0.806. The Morgan fingerprint density at radius 3 is 2.60 bits per heavy atom. The summed E-state index contributed by atoms with van der Waals surface area (Å²) >= 11 is 0. The predicted octanol–water partition coefficient (Wildman–Crippen LogP) is 1.35. The number of rotatable bonds is 1. The Balaban J connectivity index is 2.75. The minimum absolute atomic E-state index is 0.281. The first-order chi connectivity index (χ1) is 4.74. The van der Waals surface area contributed by atoms with Crippen LogP contribution in [0.5, 0.6) is 0 Å². The summed E-state index contributed by atoms with van der Waals surface area (Å²) in [6.07, 6.45) is 3.00. The summed E-state index contributed by atoms with van der Waals surface area (Å²) in [7, 11) is 1.59. The standard InChI is InChI=1S/C7H10N2O/c1-10-5-2-3-6(8)7(9)4-5/h4,8-9H,2-3H2,1H3. The molecular formula is C7H10N2O. The van der Waals surface area contributed by atoms with Gasteiger partial charge in [-0.15, -0.1) is 0 Å². The van der Waals surface area contributed by atoms with Gasteiger partial charge in [-0.1, -0.05) is 0 Å². The second kappa shape index (κ2) is 2.64. The first-order valence-corrected chi connectivity index (χ1v) is 3.15. The summed E-state index contributed by atoms with van der Waals surface area (Å²) in [4.78, 5) is 0. The molecule has 0 aromatic rings. The fourth-order valence-electron chi connectivity index (χ4n) is 0.864. The number of allylic oxidation sites excluding steroid dienone is 2. The SMILES string of the molecule is COC1=CC(=N)C(=N)CC1. The lowest BCUT2D eigenvalue weighted by Crippen LogP contribution is -2.15. The maximum Gasteiger partial charge on any atom is 0.0981 e. The fraction of sp³-hybridized carbons (Fsp3) is 0.429. The second-order valence-electron chi connectivity index (χ2n) is 2.21. The van der Waals surface area contributed by atoms with Crippen LogP contribution in [-0.2, 0) is 4.74 Å². The lowest BCUT2D eigenvalue weighted by molar-refractivity contribution is 0.278. The van der Waals surface area contributed by atoms with Crippen LogP contribution >= 0.6 is 0 Å². The minimum atomic E-state index is 0.281. The molecule has 0 radical (unpaired) electrons. The number of methoxy groups -OCH3 is 1. The minimum Gasteiger partial charge on any atom is -0.501 e. The van der Waals surface area contributed by atoms with Crippen LogP contribution in [0.4, 0.5) is 0 Å². The van der Waals surface area contributed by atoms with Crippen molar-refractivity contribution in [2.45, 2.75) is 12.8 Å². The molecule has 0 atom stereocenters. The van der Waals surface area contributed by atoms with E-state index in [1.54, 1.807) is 13.2 Å². The van der Waals surface area contributed by atoms with Gasteiger partial charge in [0.2, 0.25) is 0 Å². The fourth-order valence-corrected chi connectivity index (χ4v) is 0.864. The van der Waals surface area contributed by atoms with Gasteiger partial charge in [0.1, 0.15) is 0 Å². The zero-order chi connectivity index (χ0) is 7.56. The molecule has 0 heterocycles. The van der Waals surface area contributed by atoms with E-state index in [2.05, 4.69) is 0 Å². The molecule has 0 aromatic heterocycles. The topological polar surface area (TPSA) is 56.9 Å². The van der Waals surface area contributed by atoms with E-state index in [1.807, 2.05) is 0 Å². The molecule has 10 heavy (non-hydrogen) atoms. The van der Waals surface area contributed by atoms with Crippen molar-refractivity contribution < 1.29 is 4.74 Å². The molecular weight excluding hydrogens is 128 g/mol. The van der Waals surface area contributed by atoms with Crippen LogP contribution in [0.2, 0.25) is 0 Å². The molecule has 3 nitrogen and oxygen atoms in total. The number of hydrogen-bond donors (Lipinski definition) is 2. The van der Waals surface area contributed by atoms with Gasteiger partial charge in [0.25, 0.3) is 0 Å². The van der Waals surface area contributed by atoms with Crippen LogP contribution in [-0.4, -0.2) is 18.5 Å². The van der Waals surface area contributed by atoms with Crippen molar-refractivity contribution in [3.05, 3.63) is 11.8 Å². The highest BCUT2D eigenvalue weighted by Crippen LogP contribution is 2.12. The average Bonchev–Trinajstić information content (AvgIpc) is 1.95. The summed E-state index contributed by atoms with van der Waals surface area (Å²) in [6.45, 7) is 0. The van der Waals surface area contributed by atoms with Crippen LogP contribution in [0.15, 0.2) is 11.8 Å². The monoisotopic (exact) mass is 138 g/mol. The van der Waals surface area contributed by atoms with Crippen LogP contribution in [0, 0.1) is 10.8 Å². The van der Waals surface area contributed by atoms with Gasteiger partial charge in [0.15, 0.2) is 0 Å². The highest BCUT2D eigenvalue weighted by molar-refractivity contribution is 6.44. The van der Waals surface area contributed by atoms with E-state index in [1.165, 1.54) is 0 Å². The van der Waals surface area contributed by atoms with Crippen LogP contribution < -0.4 is 0 Å². The zero-order valence-corrected chi connectivity index (χ0v) is 5.90. The summed E-state index contributed by atoms with van der Waals surface area (Å²) < 4.78 is 4.93. The Kier molecular flexibility index (Phi) is 1.85. The second-order valence-corrected chi connectivity index (χ2v) is 2.21. The van der Waals surface area contributed by atoms with Gasteiger partial charge >= 0.3 is 0 Å².